The molecular weight excluding hydrogens is 436 g/mol. The topological polar surface area (TPSA) is 159 Å². The van der Waals surface area contributed by atoms with Crippen LogP contribution in [-0.2, 0) is 4.74 Å². The van der Waals surface area contributed by atoms with Gasteiger partial charge in [0.15, 0.2) is 5.75 Å². The second-order valence-electron chi connectivity index (χ2n) is 8.16. The van der Waals surface area contributed by atoms with Gasteiger partial charge in [0.1, 0.15) is 35.7 Å². The zero-order valence-corrected chi connectivity index (χ0v) is 18.6. The molecule has 1 aromatic carbocycles. The van der Waals surface area contributed by atoms with Gasteiger partial charge in [-0.1, -0.05) is 39.0 Å². The summed E-state index contributed by atoms with van der Waals surface area (Å²) < 4.78 is 21.5. The molecule has 10 nitrogen and oxygen atoms in total. The van der Waals surface area contributed by atoms with Crippen molar-refractivity contribution in [3.05, 3.63) is 28.6 Å². The molecule has 0 amide bonds. The van der Waals surface area contributed by atoms with Gasteiger partial charge in [-0.2, -0.15) is 0 Å². The van der Waals surface area contributed by atoms with E-state index in [0.29, 0.717) is 12.4 Å². The Kier molecular flexibility index (Phi) is 8.93. The van der Waals surface area contributed by atoms with Crippen molar-refractivity contribution in [2.45, 2.75) is 76.2 Å². The number of aromatic hydroxyl groups is 1. The minimum absolute atomic E-state index is 0.0825. The first-order valence-corrected chi connectivity index (χ1v) is 11.3. The van der Waals surface area contributed by atoms with Crippen LogP contribution in [0.5, 0.6) is 17.2 Å². The number of fused-ring (bicyclic) bond motifs is 1. The van der Waals surface area contributed by atoms with Gasteiger partial charge in [0, 0.05) is 6.07 Å². The van der Waals surface area contributed by atoms with Crippen molar-refractivity contribution < 1.29 is 44.2 Å². The van der Waals surface area contributed by atoms with E-state index in [9.17, 15) is 30.3 Å². The van der Waals surface area contributed by atoms with Crippen molar-refractivity contribution >= 4 is 11.0 Å². The largest absolute Gasteiger partial charge is 0.504 e. The lowest BCUT2D eigenvalue weighted by molar-refractivity contribution is -0.278. The van der Waals surface area contributed by atoms with Gasteiger partial charge in [0.25, 0.3) is 5.75 Å². The molecule has 1 aliphatic rings. The summed E-state index contributed by atoms with van der Waals surface area (Å²) in [7, 11) is 0. The number of rotatable bonds is 11. The first-order chi connectivity index (χ1) is 15.9. The van der Waals surface area contributed by atoms with Crippen LogP contribution in [-0.4, -0.2) is 69.5 Å². The fourth-order valence-corrected chi connectivity index (χ4v) is 3.69. The van der Waals surface area contributed by atoms with E-state index in [0.717, 1.165) is 19.3 Å². The minimum atomic E-state index is -1.74. The van der Waals surface area contributed by atoms with Crippen LogP contribution in [0, 0.1) is 0 Å². The molecule has 1 fully saturated rings. The number of hydrogen-bond acceptors (Lipinski definition) is 10. The van der Waals surface area contributed by atoms with Crippen molar-refractivity contribution in [2.75, 3.05) is 13.2 Å². The van der Waals surface area contributed by atoms with Gasteiger partial charge in [-0.3, -0.25) is 0 Å². The van der Waals surface area contributed by atoms with Crippen LogP contribution in [0.4, 0.5) is 0 Å². The van der Waals surface area contributed by atoms with Crippen molar-refractivity contribution in [2.24, 2.45) is 0 Å². The van der Waals surface area contributed by atoms with Gasteiger partial charge >= 0.3 is 5.63 Å². The Balaban J connectivity index is 1.70. The van der Waals surface area contributed by atoms with Gasteiger partial charge in [0.05, 0.1) is 18.6 Å². The van der Waals surface area contributed by atoms with E-state index in [4.69, 9.17) is 18.6 Å². The van der Waals surface area contributed by atoms with Crippen LogP contribution in [0.3, 0.4) is 0 Å². The van der Waals surface area contributed by atoms with E-state index in [2.05, 4.69) is 6.92 Å². The normalized spacial score (nSPS) is 25.3. The monoisotopic (exact) mass is 468 g/mol. The van der Waals surface area contributed by atoms with Crippen LogP contribution < -0.4 is 15.1 Å². The fraction of sp³-hybridized carbons (Fsp3) is 0.609. The highest BCUT2D eigenvalue weighted by atomic mass is 16.7. The van der Waals surface area contributed by atoms with Gasteiger partial charge < -0.3 is 44.2 Å². The zero-order valence-electron chi connectivity index (χ0n) is 18.6. The average molecular weight is 468 g/mol. The van der Waals surface area contributed by atoms with Crippen LogP contribution in [0.1, 0.15) is 45.4 Å². The molecule has 0 bridgehead atoms. The van der Waals surface area contributed by atoms with Gasteiger partial charge in [-0.05, 0) is 18.6 Å². The molecule has 184 valence electrons. The summed E-state index contributed by atoms with van der Waals surface area (Å²) in [4.78, 5) is 12.4. The highest BCUT2D eigenvalue weighted by Gasteiger charge is 2.45. The standard InChI is InChI=1S/C23H32O10/c1-2-3-4-5-6-7-10-30-13-8-9-14-15(11-13)31-22(29)21(17(14)25)33-23-20(28)19(27)18(26)16(12-24)32-23/h8-9,11,16,18-20,23-28H,2-7,10,12H2,1H3/t16-,18-,19+,20+,23-/m1/s1. The van der Waals surface area contributed by atoms with Gasteiger partial charge in [-0.25, -0.2) is 4.79 Å². The van der Waals surface area contributed by atoms with Gasteiger partial charge in [0.2, 0.25) is 6.29 Å². The molecule has 0 unspecified atom stereocenters. The lowest BCUT2D eigenvalue weighted by Gasteiger charge is -2.39. The number of aliphatic hydroxyl groups is 4. The van der Waals surface area contributed by atoms with Crippen molar-refractivity contribution in [3.8, 4) is 17.2 Å². The maximum Gasteiger partial charge on any atom is 0.383 e. The Morgan fingerprint density at radius 1 is 1.00 bits per heavy atom. The number of aliphatic hydroxyl groups excluding tert-OH is 4. The SMILES string of the molecule is CCCCCCCCOc1ccc2c(O)c(O[C@H]3O[C@H](CO)[C@@H](O)[C@H](O)[C@@H]3O)c(=O)oc2c1. The predicted octanol–water partition coefficient (Wildman–Crippen LogP) is 1.42. The molecule has 1 saturated heterocycles. The molecule has 2 heterocycles. The van der Waals surface area contributed by atoms with Crippen molar-refractivity contribution in [1.29, 1.82) is 0 Å². The minimum Gasteiger partial charge on any atom is -0.504 e. The number of unbranched alkanes of at least 4 members (excludes halogenated alkanes) is 5. The van der Waals surface area contributed by atoms with E-state index in [1.807, 2.05) is 0 Å². The molecule has 1 aliphatic heterocycles. The summed E-state index contributed by atoms with van der Waals surface area (Å²) in [6.45, 7) is 2.03. The highest BCUT2D eigenvalue weighted by Crippen LogP contribution is 2.35. The first-order valence-electron chi connectivity index (χ1n) is 11.3. The maximum atomic E-state index is 12.4. The zero-order chi connectivity index (χ0) is 24.0. The number of benzene rings is 1. The molecule has 0 aliphatic carbocycles. The fourth-order valence-electron chi connectivity index (χ4n) is 3.69. The van der Waals surface area contributed by atoms with Crippen LogP contribution in [0.2, 0.25) is 0 Å². The van der Waals surface area contributed by atoms with Gasteiger partial charge in [-0.15, -0.1) is 0 Å². The number of ether oxygens (including phenoxy) is 3. The Hall–Kier alpha value is -2.37. The lowest BCUT2D eigenvalue weighted by atomic mass is 9.99. The smallest absolute Gasteiger partial charge is 0.383 e. The third-order valence-corrected chi connectivity index (χ3v) is 5.66. The van der Waals surface area contributed by atoms with Crippen molar-refractivity contribution in [3.63, 3.8) is 0 Å². The van der Waals surface area contributed by atoms with Crippen LogP contribution in [0.25, 0.3) is 11.0 Å². The second-order valence-corrected chi connectivity index (χ2v) is 8.16. The van der Waals surface area contributed by atoms with E-state index in [-0.39, 0.29) is 11.0 Å². The lowest BCUT2D eigenvalue weighted by Crippen LogP contribution is -2.60. The molecular formula is C23H32O10. The molecule has 33 heavy (non-hydrogen) atoms. The first kappa shape index (κ1) is 25.3. The molecule has 0 radical (unpaired) electrons. The highest BCUT2D eigenvalue weighted by molar-refractivity contribution is 5.86. The summed E-state index contributed by atoms with van der Waals surface area (Å²) in [6.07, 6.45) is -1.10. The average Bonchev–Trinajstić information content (AvgIpc) is 2.80. The quantitative estimate of drug-likeness (QED) is 0.241. The molecule has 3 rings (SSSR count). The molecule has 5 N–H and O–H groups in total. The second kappa shape index (κ2) is 11.7. The summed E-state index contributed by atoms with van der Waals surface area (Å²) in [5.41, 5.74) is -0.955. The Morgan fingerprint density at radius 2 is 1.73 bits per heavy atom. The van der Waals surface area contributed by atoms with Crippen LogP contribution >= 0.6 is 0 Å². The predicted molar refractivity (Wildman–Crippen MR) is 117 cm³/mol. The number of hydrogen-bond donors (Lipinski definition) is 5. The van der Waals surface area contributed by atoms with Crippen molar-refractivity contribution in [1.82, 2.24) is 0 Å². The molecule has 1 aromatic heterocycles. The summed E-state index contributed by atoms with van der Waals surface area (Å²) in [6, 6.07) is 4.62. The molecule has 5 atom stereocenters. The van der Waals surface area contributed by atoms with E-state index >= 15 is 0 Å². The molecule has 2 aromatic rings. The maximum absolute atomic E-state index is 12.4. The Labute approximate surface area is 190 Å². The molecule has 0 saturated carbocycles. The van der Waals surface area contributed by atoms with E-state index < -0.39 is 54.4 Å². The summed E-state index contributed by atoms with van der Waals surface area (Å²) >= 11 is 0. The van der Waals surface area contributed by atoms with E-state index in [1.165, 1.54) is 31.4 Å². The Morgan fingerprint density at radius 3 is 2.45 bits per heavy atom. The Bertz CT molecular complexity index is 956. The molecule has 10 heteroatoms. The van der Waals surface area contributed by atoms with E-state index in [1.54, 1.807) is 6.07 Å². The van der Waals surface area contributed by atoms with Crippen LogP contribution in [0.15, 0.2) is 27.4 Å². The third-order valence-electron chi connectivity index (χ3n) is 5.66. The molecule has 0 spiro atoms. The summed E-state index contributed by atoms with van der Waals surface area (Å²) in [5, 5.41) is 49.9. The summed E-state index contributed by atoms with van der Waals surface area (Å²) in [5.74, 6) is -0.686. The third kappa shape index (κ3) is 5.96.